The highest BCUT2D eigenvalue weighted by Gasteiger charge is 2.34. The lowest BCUT2D eigenvalue weighted by molar-refractivity contribution is 0.0860. The van der Waals surface area contributed by atoms with Gasteiger partial charge >= 0.3 is 7.82 Å². The maximum Gasteiger partial charge on any atom is 0.472 e. The molecule has 1 N–H and O–H groups in total. The molecule has 1 fully saturated rings. The first-order valence-corrected chi connectivity index (χ1v) is 9.19. The van der Waals surface area contributed by atoms with Gasteiger partial charge in [0, 0.05) is 6.04 Å². The Morgan fingerprint density at radius 1 is 1.42 bits per heavy atom. The third kappa shape index (κ3) is 3.74. The van der Waals surface area contributed by atoms with Crippen LogP contribution in [0, 0.1) is 17.2 Å². The normalized spacial score (nSPS) is 22.7. The van der Waals surface area contributed by atoms with Crippen molar-refractivity contribution in [3.05, 3.63) is 17.8 Å². The van der Waals surface area contributed by atoms with Gasteiger partial charge in [-0.15, -0.1) is 0 Å². The van der Waals surface area contributed by atoms with Crippen molar-refractivity contribution in [1.82, 2.24) is 19.5 Å². The Morgan fingerprint density at radius 2 is 2.21 bits per heavy atom. The summed E-state index contributed by atoms with van der Waals surface area (Å²) in [5.74, 6) is 0.143. The summed E-state index contributed by atoms with van der Waals surface area (Å²) < 4.78 is 23.2. The lowest BCUT2D eigenvalue weighted by atomic mass is 9.81. The SMILES string of the molecule is N#CCCOP(=O)(O)OCC1CC(n2cnc3c(Cl)ncnc32)C1. The topological polar surface area (TPSA) is 123 Å². The number of phosphoric ester groups is 1. The fourth-order valence-electron chi connectivity index (χ4n) is 2.60. The summed E-state index contributed by atoms with van der Waals surface area (Å²) in [5.41, 5.74) is 1.23. The van der Waals surface area contributed by atoms with Gasteiger partial charge in [0.05, 0.1) is 32.0 Å². The van der Waals surface area contributed by atoms with Crippen molar-refractivity contribution >= 4 is 30.6 Å². The van der Waals surface area contributed by atoms with Crippen molar-refractivity contribution in [2.24, 2.45) is 5.92 Å². The Bertz CT molecular complexity index is 816. The molecule has 128 valence electrons. The molecular formula is C13H15ClN5O4P. The highest BCUT2D eigenvalue weighted by atomic mass is 35.5. The van der Waals surface area contributed by atoms with Gasteiger partial charge in [-0.25, -0.2) is 19.5 Å². The van der Waals surface area contributed by atoms with E-state index >= 15 is 0 Å². The van der Waals surface area contributed by atoms with E-state index in [0.29, 0.717) is 16.3 Å². The lowest BCUT2D eigenvalue weighted by Crippen LogP contribution is -2.29. The van der Waals surface area contributed by atoms with Crippen molar-refractivity contribution in [2.75, 3.05) is 13.2 Å². The summed E-state index contributed by atoms with van der Waals surface area (Å²) in [6.07, 6.45) is 4.64. The summed E-state index contributed by atoms with van der Waals surface area (Å²) >= 11 is 5.98. The zero-order valence-corrected chi connectivity index (χ0v) is 14.2. The molecule has 2 aromatic rings. The van der Waals surface area contributed by atoms with Crippen molar-refractivity contribution in [3.63, 3.8) is 0 Å². The van der Waals surface area contributed by atoms with Crippen molar-refractivity contribution in [1.29, 1.82) is 5.26 Å². The molecule has 2 aromatic heterocycles. The number of imidazole rings is 1. The maximum absolute atomic E-state index is 11.6. The number of fused-ring (bicyclic) bond motifs is 1. The van der Waals surface area contributed by atoms with Gasteiger partial charge in [-0.3, -0.25) is 9.05 Å². The number of hydrogen-bond donors (Lipinski definition) is 1. The monoisotopic (exact) mass is 371 g/mol. The van der Waals surface area contributed by atoms with E-state index in [1.165, 1.54) is 6.33 Å². The highest BCUT2D eigenvalue weighted by Crippen LogP contribution is 2.47. The summed E-state index contributed by atoms with van der Waals surface area (Å²) in [6.45, 7) is -0.00173. The van der Waals surface area contributed by atoms with E-state index in [0.717, 1.165) is 12.8 Å². The summed E-state index contributed by atoms with van der Waals surface area (Å²) in [6, 6.07) is 2.01. The summed E-state index contributed by atoms with van der Waals surface area (Å²) in [5, 5.41) is 8.69. The summed E-state index contributed by atoms with van der Waals surface area (Å²) in [4.78, 5) is 21.8. The molecule has 1 saturated carbocycles. The third-order valence-corrected chi connectivity index (χ3v) is 5.12. The van der Waals surface area contributed by atoms with E-state index in [-0.39, 0.29) is 31.6 Å². The standard InChI is InChI=1S/C13H15ClN5O4P/c14-12-11-13(17-7-16-12)19(8-18-11)10-4-9(5-10)6-23-24(20,21)22-3-1-2-15/h7-10H,1,3-6H2,(H,20,21). The molecule has 1 unspecified atom stereocenters. The first kappa shape index (κ1) is 17.3. The first-order chi connectivity index (χ1) is 11.5. The lowest BCUT2D eigenvalue weighted by Gasteiger charge is -2.36. The molecule has 0 aromatic carbocycles. The van der Waals surface area contributed by atoms with Gasteiger partial charge in [0.1, 0.15) is 11.8 Å². The molecule has 1 atom stereocenters. The predicted molar refractivity (Wildman–Crippen MR) is 84.1 cm³/mol. The Morgan fingerprint density at radius 3 is 2.96 bits per heavy atom. The van der Waals surface area contributed by atoms with Crippen LogP contribution < -0.4 is 0 Å². The number of halogens is 1. The minimum absolute atomic E-state index is 0.0392. The Hall–Kier alpha value is -1.56. The second kappa shape index (κ2) is 7.13. The molecule has 11 heteroatoms. The number of rotatable bonds is 7. The Balaban J connectivity index is 1.51. The second-order valence-electron chi connectivity index (χ2n) is 5.49. The number of nitriles is 1. The Labute approximate surface area is 142 Å². The average molecular weight is 372 g/mol. The predicted octanol–water partition coefficient (Wildman–Crippen LogP) is 2.48. The van der Waals surface area contributed by atoms with Crippen LogP contribution in [0.25, 0.3) is 11.2 Å². The molecule has 2 heterocycles. The number of aromatic nitrogens is 4. The first-order valence-electron chi connectivity index (χ1n) is 7.32. The molecule has 0 spiro atoms. The van der Waals surface area contributed by atoms with Crippen LogP contribution in [-0.4, -0.2) is 37.6 Å². The Kier molecular flexibility index (Phi) is 5.13. The minimum Gasteiger partial charge on any atom is -0.312 e. The van der Waals surface area contributed by atoms with E-state index in [2.05, 4.69) is 19.5 Å². The fourth-order valence-corrected chi connectivity index (χ4v) is 3.57. The van der Waals surface area contributed by atoms with Gasteiger partial charge in [0.25, 0.3) is 0 Å². The van der Waals surface area contributed by atoms with E-state index in [1.54, 1.807) is 6.33 Å². The molecule has 0 aliphatic heterocycles. The quantitative estimate of drug-likeness (QED) is 0.447. The molecule has 0 saturated heterocycles. The van der Waals surface area contributed by atoms with Crippen molar-refractivity contribution in [3.8, 4) is 6.07 Å². The number of phosphoric acid groups is 1. The van der Waals surface area contributed by atoms with Crippen LogP contribution in [0.5, 0.6) is 0 Å². The van der Waals surface area contributed by atoms with E-state index in [9.17, 15) is 9.46 Å². The smallest absolute Gasteiger partial charge is 0.312 e. The molecule has 1 aliphatic rings. The van der Waals surface area contributed by atoms with E-state index < -0.39 is 7.82 Å². The summed E-state index contributed by atoms with van der Waals surface area (Å²) in [7, 11) is -4.09. The molecule has 3 rings (SSSR count). The molecule has 24 heavy (non-hydrogen) atoms. The van der Waals surface area contributed by atoms with Crippen LogP contribution in [0.1, 0.15) is 25.3 Å². The van der Waals surface area contributed by atoms with Gasteiger partial charge in [0.2, 0.25) is 0 Å². The molecule has 0 radical (unpaired) electrons. The van der Waals surface area contributed by atoms with Gasteiger partial charge in [-0.2, -0.15) is 5.26 Å². The van der Waals surface area contributed by atoms with Crippen molar-refractivity contribution < 1.29 is 18.5 Å². The van der Waals surface area contributed by atoms with E-state index in [4.69, 9.17) is 21.4 Å². The molecule has 0 bridgehead atoms. The van der Waals surface area contributed by atoms with Gasteiger partial charge < -0.3 is 9.46 Å². The fraction of sp³-hybridized carbons (Fsp3) is 0.538. The van der Waals surface area contributed by atoms with Gasteiger partial charge in [0.15, 0.2) is 10.8 Å². The zero-order valence-electron chi connectivity index (χ0n) is 12.6. The molecular weight excluding hydrogens is 357 g/mol. The van der Waals surface area contributed by atoms with Crippen LogP contribution >= 0.6 is 19.4 Å². The van der Waals surface area contributed by atoms with Crippen LogP contribution in [-0.2, 0) is 13.6 Å². The van der Waals surface area contributed by atoms with Crippen LogP contribution in [0.4, 0.5) is 0 Å². The average Bonchev–Trinajstić information content (AvgIpc) is 2.91. The molecule has 9 nitrogen and oxygen atoms in total. The zero-order chi connectivity index (χ0) is 17.2. The maximum atomic E-state index is 11.6. The largest absolute Gasteiger partial charge is 0.472 e. The highest BCUT2D eigenvalue weighted by molar-refractivity contribution is 7.47. The number of nitrogens with zero attached hydrogens (tertiary/aromatic N) is 5. The minimum atomic E-state index is -4.09. The molecule has 0 amide bonds. The van der Waals surface area contributed by atoms with Crippen LogP contribution in [0.15, 0.2) is 12.7 Å². The van der Waals surface area contributed by atoms with Gasteiger partial charge in [-0.1, -0.05) is 11.6 Å². The number of hydrogen-bond acceptors (Lipinski definition) is 7. The van der Waals surface area contributed by atoms with Gasteiger partial charge in [-0.05, 0) is 18.8 Å². The van der Waals surface area contributed by atoms with Crippen LogP contribution in [0.3, 0.4) is 0 Å². The van der Waals surface area contributed by atoms with E-state index in [1.807, 2.05) is 10.6 Å². The molecule has 1 aliphatic carbocycles. The second-order valence-corrected chi connectivity index (χ2v) is 7.30. The van der Waals surface area contributed by atoms with Crippen molar-refractivity contribution in [2.45, 2.75) is 25.3 Å². The van der Waals surface area contributed by atoms with Crippen LogP contribution in [0.2, 0.25) is 5.15 Å². The third-order valence-electron chi connectivity index (χ3n) is 3.86.